The zero-order chi connectivity index (χ0) is 13.9. The highest BCUT2D eigenvalue weighted by molar-refractivity contribution is 5.39. The van der Waals surface area contributed by atoms with Gasteiger partial charge in [-0.15, -0.1) is 0 Å². The van der Waals surface area contributed by atoms with Crippen LogP contribution in [0, 0.1) is 6.92 Å². The average molecular weight is 270 g/mol. The summed E-state index contributed by atoms with van der Waals surface area (Å²) in [6, 6.07) is 9.00. The second kappa shape index (κ2) is 5.67. The van der Waals surface area contributed by atoms with E-state index in [0.29, 0.717) is 0 Å². The molecule has 1 fully saturated rings. The predicted molar refractivity (Wildman–Crippen MR) is 81.3 cm³/mol. The molecule has 0 spiro atoms. The van der Waals surface area contributed by atoms with E-state index in [2.05, 4.69) is 39.7 Å². The third kappa shape index (κ3) is 3.20. The van der Waals surface area contributed by atoms with Crippen molar-refractivity contribution in [1.82, 2.24) is 14.5 Å². The summed E-state index contributed by atoms with van der Waals surface area (Å²) in [5, 5.41) is 0. The van der Waals surface area contributed by atoms with E-state index in [1.54, 1.807) is 0 Å². The molecule has 106 valence electrons. The van der Waals surface area contributed by atoms with Gasteiger partial charge >= 0.3 is 0 Å². The van der Waals surface area contributed by atoms with Gasteiger partial charge in [0.2, 0.25) is 0 Å². The van der Waals surface area contributed by atoms with Crippen LogP contribution in [0.1, 0.15) is 24.2 Å². The second-order valence-corrected chi connectivity index (χ2v) is 5.61. The summed E-state index contributed by atoms with van der Waals surface area (Å²) in [6.45, 7) is 5.16. The number of nitrogens with two attached hydrogens (primary N) is 1. The highest BCUT2D eigenvalue weighted by Gasteiger charge is 2.28. The van der Waals surface area contributed by atoms with Crippen LogP contribution in [0.3, 0.4) is 0 Å². The summed E-state index contributed by atoms with van der Waals surface area (Å²) < 4.78 is 2.22. The van der Waals surface area contributed by atoms with Crippen LogP contribution in [0.15, 0.2) is 36.7 Å². The first kappa shape index (κ1) is 13.2. The summed E-state index contributed by atoms with van der Waals surface area (Å²) in [5.41, 5.74) is 7.92. The van der Waals surface area contributed by atoms with Crippen molar-refractivity contribution in [1.29, 1.82) is 0 Å². The van der Waals surface area contributed by atoms with E-state index in [1.165, 1.54) is 18.4 Å². The zero-order valence-electron chi connectivity index (χ0n) is 12.0. The predicted octanol–water partition coefficient (Wildman–Crippen LogP) is 2.44. The number of benzene rings is 1. The maximum atomic E-state index is 5.75. The van der Waals surface area contributed by atoms with Gasteiger partial charge in [0.05, 0.1) is 0 Å². The Balaban J connectivity index is 1.61. The van der Waals surface area contributed by atoms with Crippen molar-refractivity contribution >= 4 is 5.69 Å². The molecule has 2 aromatic rings. The normalized spacial score (nSPS) is 14.9. The van der Waals surface area contributed by atoms with Gasteiger partial charge < -0.3 is 10.3 Å². The molecule has 0 unspecified atom stereocenters. The third-order valence-electron chi connectivity index (χ3n) is 3.98. The van der Waals surface area contributed by atoms with Gasteiger partial charge in [0.1, 0.15) is 5.82 Å². The van der Waals surface area contributed by atoms with E-state index in [9.17, 15) is 0 Å². The van der Waals surface area contributed by atoms with E-state index in [-0.39, 0.29) is 0 Å². The standard InChI is InChI=1S/C16H22N4/c1-13-18-8-9-19(13)10-11-20(16-6-7-16)12-14-2-4-15(17)5-3-14/h2-5,8-9,16H,6-7,10-12,17H2,1H3. The summed E-state index contributed by atoms with van der Waals surface area (Å²) in [7, 11) is 0. The first-order valence-corrected chi connectivity index (χ1v) is 7.28. The average Bonchev–Trinajstić information content (AvgIpc) is 3.21. The molecular weight excluding hydrogens is 248 g/mol. The SMILES string of the molecule is Cc1nccn1CCN(Cc1ccc(N)cc1)C1CC1. The lowest BCUT2D eigenvalue weighted by molar-refractivity contribution is 0.243. The van der Waals surface area contributed by atoms with Crippen molar-refractivity contribution in [2.45, 2.75) is 38.9 Å². The smallest absolute Gasteiger partial charge is 0.105 e. The van der Waals surface area contributed by atoms with Gasteiger partial charge in [0.15, 0.2) is 0 Å². The number of aromatic nitrogens is 2. The molecular formula is C16H22N4. The monoisotopic (exact) mass is 270 g/mol. The van der Waals surface area contributed by atoms with Gasteiger partial charge in [-0.3, -0.25) is 4.90 Å². The lowest BCUT2D eigenvalue weighted by Gasteiger charge is -2.22. The van der Waals surface area contributed by atoms with E-state index in [4.69, 9.17) is 5.73 Å². The van der Waals surface area contributed by atoms with Crippen LogP contribution in [0.4, 0.5) is 5.69 Å². The maximum absolute atomic E-state index is 5.75. The van der Waals surface area contributed by atoms with Gasteiger partial charge in [0, 0.05) is 43.8 Å². The minimum absolute atomic E-state index is 0.761. The van der Waals surface area contributed by atoms with Gasteiger partial charge in [-0.25, -0.2) is 4.98 Å². The first-order valence-electron chi connectivity index (χ1n) is 7.28. The van der Waals surface area contributed by atoms with Crippen LogP contribution < -0.4 is 5.73 Å². The number of nitrogens with zero attached hydrogens (tertiary/aromatic N) is 3. The Kier molecular flexibility index (Phi) is 3.74. The highest BCUT2D eigenvalue weighted by Crippen LogP contribution is 2.28. The molecule has 20 heavy (non-hydrogen) atoms. The third-order valence-corrected chi connectivity index (χ3v) is 3.98. The molecule has 0 radical (unpaired) electrons. The quantitative estimate of drug-likeness (QED) is 0.820. The van der Waals surface area contributed by atoms with Crippen molar-refractivity contribution in [3.05, 3.63) is 48.0 Å². The zero-order valence-corrected chi connectivity index (χ0v) is 12.0. The minimum atomic E-state index is 0.761. The fourth-order valence-electron chi connectivity index (χ4n) is 2.56. The van der Waals surface area contributed by atoms with Crippen LogP contribution in [0.5, 0.6) is 0 Å². The van der Waals surface area contributed by atoms with Crippen molar-refractivity contribution in [2.24, 2.45) is 0 Å². The molecule has 1 saturated carbocycles. The van der Waals surface area contributed by atoms with Crippen LogP contribution in [-0.4, -0.2) is 27.0 Å². The van der Waals surface area contributed by atoms with E-state index in [1.807, 2.05) is 18.3 Å². The molecule has 0 aliphatic heterocycles. The molecule has 1 aromatic carbocycles. The first-order chi connectivity index (χ1) is 9.72. The molecule has 0 atom stereocenters. The summed E-state index contributed by atoms with van der Waals surface area (Å²) in [6.07, 6.45) is 6.59. The van der Waals surface area contributed by atoms with Gasteiger partial charge in [-0.2, -0.15) is 0 Å². The molecule has 1 aromatic heterocycles. The number of hydrogen-bond donors (Lipinski definition) is 1. The Labute approximate surface area is 120 Å². The number of hydrogen-bond acceptors (Lipinski definition) is 3. The Bertz CT molecular complexity index is 554. The van der Waals surface area contributed by atoms with Gasteiger partial charge in [-0.05, 0) is 37.5 Å². The van der Waals surface area contributed by atoms with Crippen molar-refractivity contribution in [3.8, 4) is 0 Å². The molecule has 3 rings (SSSR count). The molecule has 4 heteroatoms. The van der Waals surface area contributed by atoms with Crippen LogP contribution in [0.2, 0.25) is 0 Å². The van der Waals surface area contributed by atoms with E-state index >= 15 is 0 Å². The molecule has 4 nitrogen and oxygen atoms in total. The van der Waals surface area contributed by atoms with E-state index < -0.39 is 0 Å². The number of imidazole rings is 1. The Morgan fingerprint density at radius 2 is 2.05 bits per heavy atom. The topological polar surface area (TPSA) is 47.1 Å². The van der Waals surface area contributed by atoms with Crippen molar-refractivity contribution in [2.75, 3.05) is 12.3 Å². The Hall–Kier alpha value is -1.81. The molecule has 2 N–H and O–H groups in total. The minimum Gasteiger partial charge on any atom is -0.399 e. The molecule has 0 saturated heterocycles. The molecule has 1 heterocycles. The number of aryl methyl sites for hydroxylation is 1. The number of rotatable bonds is 6. The summed E-state index contributed by atoms with van der Waals surface area (Å²) in [5.74, 6) is 1.09. The highest BCUT2D eigenvalue weighted by atomic mass is 15.2. The molecule has 0 bridgehead atoms. The number of anilines is 1. The fraction of sp³-hybridized carbons (Fsp3) is 0.438. The van der Waals surface area contributed by atoms with Gasteiger partial charge in [-0.1, -0.05) is 12.1 Å². The van der Waals surface area contributed by atoms with Crippen molar-refractivity contribution in [3.63, 3.8) is 0 Å². The van der Waals surface area contributed by atoms with Crippen LogP contribution in [0.25, 0.3) is 0 Å². The largest absolute Gasteiger partial charge is 0.399 e. The maximum Gasteiger partial charge on any atom is 0.105 e. The fourth-order valence-corrected chi connectivity index (χ4v) is 2.56. The van der Waals surface area contributed by atoms with E-state index in [0.717, 1.165) is 37.2 Å². The van der Waals surface area contributed by atoms with Gasteiger partial charge in [0.25, 0.3) is 0 Å². The molecule has 1 aliphatic rings. The summed E-state index contributed by atoms with van der Waals surface area (Å²) >= 11 is 0. The second-order valence-electron chi connectivity index (χ2n) is 5.61. The summed E-state index contributed by atoms with van der Waals surface area (Å²) in [4.78, 5) is 6.85. The van der Waals surface area contributed by atoms with Crippen LogP contribution in [-0.2, 0) is 13.1 Å². The molecule has 1 aliphatic carbocycles. The lowest BCUT2D eigenvalue weighted by atomic mass is 10.2. The Morgan fingerprint density at radius 1 is 1.30 bits per heavy atom. The van der Waals surface area contributed by atoms with Crippen molar-refractivity contribution < 1.29 is 0 Å². The van der Waals surface area contributed by atoms with Crippen LogP contribution >= 0.6 is 0 Å². The lowest BCUT2D eigenvalue weighted by Crippen LogP contribution is -2.29. The molecule has 0 amide bonds. The Morgan fingerprint density at radius 3 is 2.65 bits per heavy atom. The number of nitrogen functional groups attached to an aromatic ring is 1.